The molecule has 0 unspecified atom stereocenters. The summed E-state index contributed by atoms with van der Waals surface area (Å²) in [6.45, 7) is 4.01. The van der Waals surface area contributed by atoms with E-state index in [1.54, 1.807) is 13.3 Å². The molecule has 0 aliphatic carbocycles. The first-order valence-electron chi connectivity index (χ1n) is 6.21. The van der Waals surface area contributed by atoms with E-state index < -0.39 is 0 Å². The van der Waals surface area contributed by atoms with Crippen LogP contribution in [0.15, 0.2) is 30.5 Å². The van der Waals surface area contributed by atoms with Gasteiger partial charge in [-0.25, -0.2) is 4.98 Å². The van der Waals surface area contributed by atoms with Crippen molar-refractivity contribution in [2.24, 2.45) is 0 Å². The van der Waals surface area contributed by atoms with Crippen molar-refractivity contribution in [3.8, 4) is 17.4 Å². The third kappa shape index (κ3) is 2.96. The highest BCUT2D eigenvalue weighted by Gasteiger charge is 2.09. The average Bonchev–Trinajstić information content (AvgIpc) is 2.42. The lowest BCUT2D eigenvalue weighted by atomic mass is 10.1. The number of hydrogen-bond donors (Lipinski definition) is 1. The second-order valence-electron chi connectivity index (χ2n) is 4.33. The largest absolute Gasteiger partial charge is 0.493 e. The van der Waals surface area contributed by atoms with Gasteiger partial charge in [0.15, 0.2) is 11.5 Å². The smallest absolute Gasteiger partial charge is 0.222 e. The number of pyridine rings is 1. The van der Waals surface area contributed by atoms with Crippen LogP contribution >= 0.6 is 0 Å². The zero-order chi connectivity index (χ0) is 13.8. The van der Waals surface area contributed by atoms with Crippen LogP contribution < -0.4 is 15.2 Å². The lowest BCUT2D eigenvalue weighted by Crippen LogP contribution is -1.96. The van der Waals surface area contributed by atoms with Crippen LogP contribution in [0.4, 0.5) is 5.69 Å². The number of hydrogen-bond acceptors (Lipinski definition) is 4. The molecule has 0 saturated carbocycles. The first kappa shape index (κ1) is 13.2. The van der Waals surface area contributed by atoms with E-state index in [9.17, 15) is 0 Å². The summed E-state index contributed by atoms with van der Waals surface area (Å²) in [5.41, 5.74) is 8.39. The fourth-order valence-electron chi connectivity index (χ4n) is 1.81. The number of aromatic nitrogens is 1. The van der Waals surface area contributed by atoms with E-state index in [1.807, 2.05) is 31.2 Å². The Morgan fingerprint density at radius 1 is 1.21 bits per heavy atom. The SMILES string of the molecule is CCc1ccc(Oc2ncc(N)cc2C)c(OC)c1. The van der Waals surface area contributed by atoms with Crippen molar-refractivity contribution in [3.05, 3.63) is 41.6 Å². The molecule has 0 atom stereocenters. The van der Waals surface area contributed by atoms with E-state index in [2.05, 4.69) is 11.9 Å². The first-order chi connectivity index (χ1) is 9.13. The summed E-state index contributed by atoms with van der Waals surface area (Å²) < 4.78 is 11.1. The molecule has 0 bridgehead atoms. The van der Waals surface area contributed by atoms with Gasteiger partial charge in [-0.2, -0.15) is 0 Å². The van der Waals surface area contributed by atoms with Crippen LogP contribution in [-0.2, 0) is 6.42 Å². The minimum absolute atomic E-state index is 0.539. The molecule has 1 aromatic carbocycles. The predicted octanol–water partition coefficient (Wildman–Crippen LogP) is 3.34. The highest BCUT2D eigenvalue weighted by atomic mass is 16.5. The Morgan fingerprint density at radius 2 is 2.00 bits per heavy atom. The van der Waals surface area contributed by atoms with Gasteiger partial charge in [-0.15, -0.1) is 0 Å². The summed E-state index contributed by atoms with van der Waals surface area (Å²) in [5, 5.41) is 0. The molecule has 19 heavy (non-hydrogen) atoms. The Hall–Kier alpha value is -2.23. The lowest BCUT2D eigenvalue weighted by molar-refractivity contribution is 0.373. The Labute approximate surface area is 113 Å². The van der Waals surface area contributed by atoms with Crippen molar-refractivity contribution in [1.82, 2.24) is 4.98 Å². The number of nitrogen functional groups attached to an aromatic ring is 1. The molecule has 0 aliphatic heterocycles. The molecule has 2 rings (SSSR count). The first-order valence-corrected chi connectivity index (χ1v) is 6.21. The summed E-state index contributed by atoms with van der Waals surface area (Å²) in [6, 6.07) is 7.72. The molecule has 100 valence electrons. The van der Waals surface area contributed by atoms with E-state index in [1.165, 1.54) is 5.56 Å². The Bertz CT molecular complexity index is 582. The number of nitrogens with zero attached hydrogens (tertiary/aromatic N) is 1. The van der Waals surface area contributed by atoms with Crippen molar-refractivity contribution < 1.29 is 9.47 Å². The van der Waals surface area contributed by atoms with Gasteiger partial charge in [0.2, 0.25) is 5.88 Å². The zero-order valence-corrected chi connectivity index (χ0v) is 11.4. The molecule has 4 heteroatoms. The maximum atomic E-state index is 5.79. The predicted molar refractivity (Wildman–Crippen MR) is 75.8 cm³/mol. The molecule has 1 heterocycles. The van der Waals surface area contributed by atoms with E-state index in [0.29, 0.717) is 23.1 Å². The van der Waals surface area contributed by atoms with Crippen LogP contribution in [0.2, 0.25) is 0 Å². The molecule has 4 nitrogen and oxygen atoms in total. The highest BCUT2D eigenvalue weighted by molar-refractivity contribution is 5.47. The van der Waals surface area contributed by atoms with Crippen molar-refractivity contribution in [2.45, 2.75) is 20.3 Å². The molecule has 2 aromatic rings. The summed E-state index contributed by atoms with van der Waals surface area (Å²) >= 11 is 0. The standard InChI is InChI=1S/C15H18N2O2/c1-4-11-5-6-13(14(8-11)18-3)19-15-10(2)7-12(16)9-17-15/h5-9H,4,16H2,1-3H3. The number of aryl methyl sites for hydroxylation is 2. The Balaban J connectivity index is 2.32. The Kier molecular flexibility index (Phi) is 3.90. The van der Waals surface area contributed by atoms with Gasteiger partial charge < -0.3 is 15.2 Å². The summed E-state index contributed by atoms with van der Waals surface area (Å²) in [5.74, 6) is 1.90. The van der Waals surface area contributed by atoms with E-state index in [0.717, 1.165) is 12.0 Å². The second kappa shape index (κ2) is 5.61. The average molecular weight is 258 g/mol. The lowest BCUT2D eigenvalue weighted by Gasteiger charge is -2.12. The molecule has 2 N–H and O–H groups in total. The van der Waals surface area contributed by atoms with E-state index >= 15 is 0 Å². The fraction of sp³-hybridized carbons (Fsp3) is 0.267. The van der Waals surface area contributed by atoms with E-state index in [-0.39, 0.29) is 0 Å². The Morgan fingerprint density at radius 3 is 2.63 bits per heavy atom. The topological polar surface area (TPSA) is 57.4 Å². The van der Waals surface area contributed by atoms with Gasteiger partial charge in [0.05, 0.1) is 19.0 Å². The van der Waals surface area contributed by atoms with Gasteiger partial charge in [-0.05, 0) is 37.1 Å². The minimum Gasteiger partial charge on any atom is -0.493 e. The summed E-state index contributed by atoms with van der Waals surface area (Å²) in [7, 11) is 1.63. The number of nitrogens with two attached hydrogens (primary N) is 1. The third-order valence-corrected chi connectivity index (χ3v) is 2.89. The summed E-state index contributed by atoms with van der Waals surface area (Å²) in [4.78, 5) is 4.19. The number of methoxy groups -OCH3 is 1. The van der Waals surface area contributed by atoms with Crippen LogP contribution in [-0.4, -0.2) is 12.1 Å². The second-order valence-corrected chi connectivity index (χ2v) is 4.33. The van der Waals surface area contributed by atoms with Crippen molar-refractivity contribution in [3.63, 3.8) is 0 Å². The van der Waals surface area contributed by atoms with Crippen LogP contribution in [0, 0.1) is 6.92 Å². The highest BCUT2D eigenvalue weighted by Crippen LogP contribution is 2.33. The molecule has 1 aromatic heterocycles. The molecule has 0 saturated heterocycles. The zero-order valence-electron chi connectivity index (χ0n) is 11.4. The van der Waals surface area contributed by atoms with Crippen molar-refractivity contribution in [1.29, 1.82) is 0 Å². The van der Waals surface area contributed by atoms with Crippen LogP contribution in [0.5, 0.6) is 17.4 Å². The number of rotatable bonds is 4. The quantitative estimate of drug-likeness (QED) is 0.913. The number of benzene rings is 1. The van der Waals surface area contributed by atoms with Gasteiger partial charge in [-0.1, -0.05) is 13.0 Å². The van der Waals surface area contributed by atoms with Gasteiger partial charge in [0, 0.05) is 5.56 Å². The number of anilines is 1. The van der Waals surface area contributed by atoms with E-state index in [4.69, 9.17) is 15.2 Å². The number of ether oxygens (including phenoxy) is 2. The molecule has 0 spiro atoms. The molecule has 0 radical (unpaired) electrons. The van der Waals surface area contributed by atoms with Crippen LogP contribution in [0.25, 0.3) is 0 Å². The molecule has 0 fully saturated rings. The third-order valence-electron chi connectivity index (χ3n) is 2.89. The molecule has 0 amide bonds. The van der Waals surface area contributed by atoms with Crippen molar-refractivity contribution >= 4 is 5.69 Å². The molecule has 0 aliphatic rings. The van der Waals surface area contributed by atoms with Crippen molar-refractivity contribution in [2.75, 3.05) is 12.8 Å². The monoisotopic (exact) mass is 258 g/mol. The van der Waals surface area contributed by atoms with Gasteiger partial charge in [-0.3, -0.25) is 0 Å². The summed E-state index contributed by atoms with van der Waals surface area (Å²) in [6.07, 6.45) is 2.53. The van der Waals surface area contributed by atoms with Gasteiger partial charge >= 0.3 is 0 Å². The molecular weight excluding hydrogens is 240 g/mol. The maximum Gasteiger partial charge on any atom is 0.222 e. The van der Waals surface area contributed by atoms with Gasteiger partial charge in [0.1, 0.15) is 0 Å². The van der Waals surface area contributed by atoms with Crippen LogP contribution in [0.1, 0.15) is 18.1 Å². The maximum absolute atomic E-state index is 5.79. The molecular formula is C15H18N2O2. The van der Waals surface area contributed by atoms with Gasteiger partial charge in [0.25, 0.3) is 0 Å². The fourth-order valence-corrected chi connectivity index (χ4v) is 1.81. The minimum atomic E-state index is 0.539. The normalized spacial score (nSPS) is 10.3. The van der Waals surface area contributed by atoms with Crippen LogP contribution in [0.3, 0.4) is 0 Å².